The van der Waals surface area contributed by atoms with Gasteiger partial charge in [-0.05, 0) is 73.1 Å². The minimum absolute atomic E-state index is 0.155. The average molecular weight is 535 g/mol. The SMILES string of the molecule is CC1(C)CC(OC(=O)Cc2ccccc2)CC(C)(C)N1N1C(C)(C)CC(OC(=O)c2ccccc2)CC1(C)C. The Morgan fingerprint density at radius 1 is 0.641 bits per heavy atom. The first-order chi connectivity index (χ1) is 18.1. The molecule has 39 heavy (non-hydrogen) atoms. The van der Waals surface area contributed by atoms with Crippen LogP contribution in [0.2, 0.25) is 0 Å². The van der Waals surface area contributed by atoms with Gasteiger partial charge in [-0.3, -0.25) is 4.79 Å². The molecule has 2 aliphatic rings. The molecule has 0 spiro atoms. The third-order valence-electron chi connectivity index (χ3n) is 8.17. The maximum Gasteiger partial charge on any atom is 0.338 e. The third-order valence-corrected chi connectivity index (χ3v) is 8.17. The molecule has 6 nitrogen and oxygen atoms in total. The zero-order chi connectivity index (χ0) is 28.6. The minimum atomic E-state index is -0.269. The van der Waals surface area contributed by atoms with Gasteiger partial charge in [0.15, 0.2) is 0 Å². The molecule has 2 aromatic carbocycles. The number of nitrogens with zero attached hydrogens (tertiary/aromatic N) is 2. The topological polar surface area (TPSA) is 59.1 Å². The zero-order valence-corrected chi connectivity index (χ0v) is 25.0. The number of benzene rings is 2. The number of esters is 2. The normalized spacial score (nSPS) is 23.2. The number of hydrogen-bond acceptors (Lipinski definition) is 6. The quantitative estimate of drug-likeness (QED) is 0.390. The van der Waals surface area contributed by atoms with Crippen molar-refractivity contribution in [3.05, 3.63) is 71.8 Å². The maximum absolute atomic E-state index is 12.9. The van der Waals surface area contributed by atoms with Crippen LogP contribution >= 0.6 is 0 Å². The first-order valence-electron chi connectivity index (χ1n) is 14.2. The number of carbonyl (C=O) groups is 2. The molecule has 0 radical (unpaired) electrons. The molecular formula is C33H46N2O4. The van der Waals surface area contributed by atoms with Crippen molar-refractivity contribution >= 4 is 11.9 Å². The molecule has 0 bridgehead atoms. The first kappa shape index (κ1) is 29.3. The molecule has 0 unspecified atom stereocenters. The van der Waals surface area contributed by atoms with Crippen molar-refractivity contribution in [2.75, 3.05) is 0 Å². The van der Waals surface area contributed by atoms with Crippen molar-refractivity contribution in [3.8, 4) is 0 Å². The van der Waals surface area contributed by atoms with Gasteiger partial charge in [0.25, 0.3) is 0 Å². The van der Waals surface area contributed by atoms with E-state index in [0.717, 1.165) is 31.2 Å². The summed E-state index contributed by atoms with van der Waals surface area (Å²) in [6, 6.07) is 19.0. The lowest BCUT2D eigenvalue weighted by Gasteiger charge is -2.67. The van der Waals surface area contributed by atoms with Gasteiger partial charge in [0.1, 0.15) is 12.2 Å². The molecule has 0 atom stereocenters. The van der Waals surface area contributed by atoms with Crippen LogP contribution in [0.4, 0.5) is 0 Å². The highest BCUT2D eigenvalue weighted by atomic mass is 16.5. The van der Waals surface area contributed by atoms with E-state index in [1.807, 2.05) is 48.5 Å². The Hall–Kier alpha value is -2.70. The predicted octanol–water partition coefficient (Wildman–Crippen LogP) is 6.59. The van der Waals surface area contributed by atoms with Crippen LogP contribution in [0, 0.1) is 0 Å². The second-order valence-corrected chi connectivity index (χ2v) is 13.9. The smallest absolute Gasteiger partial charge is 0.338 e. The first-order valence-corrected chi connectivity index (χ1v) is 14.2. The number of hydrazine groups is 1. The van der Waals surface area contributed by atoms with E-state index in [4.69, 9.17) is 9.47 Å². The standard InChI is InChI=1S/C33H46N2O4/c1-30(2)20-26(38-28(36)19-24-15-11-9-12-16-24)21-31(3,4)34(30)35-32(5,6)22-27(23-33(35,7)8)39-29(37)25-17-13-10-14-18-25/h9-18,26-27H,19-23H2,1-8H3. The van der Waals surface area contributed by atoms with Crippen LogP contribution in [0.15, 0.2) is 60.7 Å². The van der Waals surface area contributed by atoms with Gasteiger partial charge in [-0.15, -0.1) is 0 Å². The number of hydrogen-bond donors (Lipinski definition) is 0. The van der Waals surface area contributed by atoms with E-state index in [1.54, 1.807) is 12.1 Å². The molecule has 2 aromatic rings. The molecule has 2 fully saturated rings. The van der Waals surface area contributed by atoms with Crippen molar-refractivity contribution in [1.82, 2.24) is 10.0 Å². The average Bonchev–Trinajstić information content (AvgIpc) is 2.80. The summed E-state index contributed by atoms with van der Waals surface area (Å²) in [6.07, 6.45) is 2.90. The van der Waals surface area contributed by atoms with Crippen molar-refractivity contribution in [1.29, 1.82) is 0 Å². The van der Waals surface area contributed by atoms with Gasteiger partial charge in [-0.1, -0.05) is 48.5 Å². The van der Waals surface area contributed by atoms with Crippen molar-refractivity contribution < 1.29 is 19.1 Å². The predicted molar refractivity (Wildman–Crippen MR) is 154 cm³/mol. The summed E-state index contributed by atoms with van der Waals surface area (Å²) in [6.45, 7) is 18.0. The highest BCUT2D eigenvalue weighted by molar-refractivity contribution is 5.89. The van der Waals surface area contributed by atoms with Crippen LogP contribution in [0.25, 0.3) is 0 Å². The number of carbonyl (C=O) groups excluding carboxylic acids is 2. The summed E-state index contributed by atoms with van der Waals surface area (Å²) in [4.78, 5) is 25.7. The largest absolute Gasteiger partial charge is 0.462 e. The van der Waals surface area contributed by atoms with Crippen LogP contribution in [0.5, 0.6) is 0 Å². The monoisotopic (exact) mass is 534 g/mol. The van der Waals surface area contributed by atoms with Crippen LogP contribution in [-0.2, 0) is 20.7 Å². The Labute approximate surface area is 234 Å². The van der Waals surface area contributed by atoms with Gasteiger partial charge in [-0.2, -0.15) is 0 Å². The van der Waals surface area contributed by atoms with Crippen molar-refractivity contribution in [2.24, 2.45) is 0 Å². The molecule has 2 aliphatic heterocycles. The summed E-state index contributed by atoms with van der Waals surface area (Å²) in [5.74, 6) is -0.438. The summed E-state index contributed by atoms with van der Waals surface area (Å²) in [5, 5.41) is 5.08. The molecule has 0 saturated carbocycles. The zero-order valence-electron chi connectivity index (χ0n) is 25.0. The van der Waals surface area contributed by atoms with Crippen LogP contribution < -0.4 is 0 Å². The van der Waals surface area contributed by atoms with Crippen LogP contribution in [0.3, 0.4) is 0 Å². The van der Waals surface area contributed by atoms with Gasteiger partial charge < -0.3 is 9.47 Å². The molecule has 6 heteroatoms. The number of rotatable bonds is 6. The van der Waals surface area contributed by atoms with E-state index in [2.05, 4.69) is 65.4 Å². The van der Waals surface area contributed by atoms with E-state index in [9.17, 15) is 9.59 Å². The van der Waals surface area contributed by atoms with Crippen LogP contribution in [-0.4, -0.2) is 56.3 Å². The highest BCUT2D eigenvalue weighted by Crippen LogP contribution is 2.49. The fraction of sp³-hybridized carbons (Fsp3) is 0.576. The Morgan fingerprint density at radius 2 is 1.03 bits per heavy atom. The summed E-state index contributed by atoms with van der Waals surface area (Å²) < 4.78 is 12.1. The fourth-order valence-electron chi connectivity index (χ4n) is 7.39. The molecule has 2 saturated heterocycles. The lowest BCUT2D eigenvalue weighted by Crippen LogP contribution is -2.77. The highest BCUT2D eigenvalue weighted by Gasteiger charge is 2.58. The van der Waals surface area contributed by atoms with E-state index >= 15 is 0 Å². The van der Waals surface area contributed by atoms with E-state index in [0.29, 0.717) is 5.56 Å². The molecule has 0 N–H and O–H groups in total. The fourth-order valence-corrected chi connectivity index (χ4v) is 7.39. The van der Waals surface area contributed by atoms with Gasteiger partial charge in [0, 0.05) is 47.8 Å². The van der Waals surface area contributed by atoms with Gasteiger partial charge in [0.2, 0.25) is 0 Å². The Balaban J connectivity index is 1.50. The number of piperidine rings is 2. The van der Waals surface area contributed by atoms with E-state index < -0.39 is 0 Å². The molecule has 0 aliphatic carbocycles. The summed E-state index contributed by atoms with van der Waals surface area (Å²) in [5.41, 5.74) is 0.492. The second kappa shape index (κ2) is 10.7. The molecule has 4 rings (SSSR count). The van der Waals surface area contributed by atoms with Crippen molar-refractivity contribution in [2.45, 2.75) is 122 Å². The van der Waals surface area contributed by atoms with E-state index in [1.165, 1.54) is 0 Å². The van der Waals surface area contributed by atoms with Crippen molar-refractivity contribution in [3.63, 3.8) is 0 Å². The molecule has 0 amide bonds. The molecule has 212 valence electrons. The lowest BCUT2D eigenvalue weighted by molar-refractivity contribution is -0.291. The lowest BCUT2D eigenvalue weighted by atomic mass is 9.75. The molecular weight excluding hydrogens is 488 g/mol. The Morgan fingerprint density at radius 3 is 1.46 bits per heavy atom. The maximum atomic E-state index is 12.9. The minimum Gasteiger partial charge on any atom is -0.462 e. The van der Waals surface area contributed by atoms with Gasteiger partial charge in [0.05, 0.1) is 12.0 Å². The summed E-state index contributed by atoms with van der Waals surface area (Å²) >= 11 is 0. The van der Waals surface area contributed by atoms with Crippen LogP contribution in [0.1, 0.15) is 97.0 Å². The second-order valence-electron chi connectivity index (χ2n) is 13.9. The molecule has 0 aromatic heterocycles. The Kier molecular flexibility index (Phi) is 8.04. The van der Waals surface area contributed by atoms with E-state index in [-0.39, 0.29) is 52.7 Å². The van der Waals surface area contributed by atoms with Gasteiger partial charge in [-0.25, -0.2) is 14.8 Å². The summed E-state index contributed by atoms with van der Waals surface area (Å²) in [7, 11) is 0. The van der Waals surface area contributed by atoms with Gasteiger partial charge >= 0.3 is 11.9 Å². The Bertz CT molecular complexity index is 1120. The molecule has 2 heterocycles. The number of ether oxygens (including phenoxy) is 2. The third kappa shape index (κ3) is 6.55.